The number of hydrogen-bond acceptors (Lipinski definition) is 1. The highest BCUT2D eigenvalue weighted by molar-refractivity contribution is 5.20. The molecule has 1 aliphatic heterocycles. The zero-order valence-corrected chi connectivity index (χ0v) is 8.39. The lowest BCUT2D eigenvalue weighted by molar-refractivity contribution is 0.333. The van der Waals surface area contributed by atoms with Gasteiger partial charge in [0.1, 0.15) is 5.82 Å². The van der Waals surface area contributed by atoms with E-state index < -0.39 is 6.02 Å². The summed E-state index contributed by atoms with van der Waals surface area (Å²) >= 11 is 0. The Bertz CT molecular complexity index is 328. The van der Waals surface area contributed by atoms with Crippen LogP contribution in [0.4, 0.5) is 4.39 Å². The summed E-state index contributed by atoms with van der Waals surface area (Å²) in [6.45, 7) is 3.04. The van der Waals surface area contributed by atoms with Gasteiger partial charge in [-0.3, -0.25) is 0 Å². The van der Waals surface area contributed by atoms with E-state index in [9.17, 15) is 4.39 Å². The largest absolute Gasteiger partial charge is 0.310 e. The fourth-order valence-corrected chi connectivity index (χ4v) is 1.78. The zero-order chi connectivity index (χ0) is 10.9. The van der Waals surface area contributed by atoms with Crippen LogP contribution in [0.3, 0.4) is 0 Å². The Hall–Kier alpha value is -0.890. The SMILES string of the molecule is [2H]C1(c2ccc(F)cc2)CCC(C)CN1. The van der Waals surface area contributed by atoms with Crippen LogP contribution >= 0.6 is 0 Å². The maximum Gasteiger partial charge on any atom is 0.123 e. The van der Waals surface area contributed by atoms with Crippen LogP contribution in [0, 0.1) is 11.7 Å². The van der Waals surface area contributed by atoms with Gasteiger partial charge in [-0.2, -0.15) is 0 Å². The lowest BCUT2D eigenvalue weighted by atomic mass is 9.92. The minimum Gasteiger partial charge on any atom is -0.310 e. The van der Waals surface area contributed by atoms with Crippen molar-refractivity contribution in [3.8, 4) is 0 Å². The third-order valence-electron chi connectivity index (χ3n) is 2.74. The fourth-order valence-electron chi connectivity index (χ4n) is 1.78. The number of rotatable bonds is 1. The van der Waals surface area contributed by atoms with Gasteiger partial charge in [0, 0.05) is 6.02 Å². The molecule has 0 aromatic heterocycles. The molecule has 1 saturated heterocycles. The maximum absolute atomic E-state index is 12.8. The number of hydrogen-bond donors (Lipinski definition) is 1. The van der Waals surface area contributed by atoms with Crippen molar-refractivity contribution in [3.63, 3.8) is 0 Å². The van der Waals surface area contributed by atoms with Crippen molar-refractivity contribution in [2.45, 2.75) is 25.8 Å². The van der Waals surface area contributed by atoms with E-state index in [-0.39, 0.29) is 5.82 Å². The van der Waals surface area contributed by atoms with E-state index in [1.54, 1.807) is 12.1 Å². The van der Waals surface area contributed by atoms with E-state index >= 15 is 0 Å². The molecule has 1 aliphatic rings. The molecule has 1 nitrogen and oxygen atoms in total. The monoisotopic (exact) mass is 194 g/mol. The van der Waals surface area contributed by atoms with Gasteiger partial charge >= 0.3 is 0 Å². The van der Waals surface area contributed by atoms with Gasteiger partial charge in [-0.05, 0) is 43.0 Å². The fraction of sp³-hybridized carbons (Fsp3) is 0.500. The van der Waals surface area contributed by atoms with Crippen molar-refractivity contribution in [3.05, 3.63) is 35.6 Å². The molecule has 2 atom stereocenters. The standard InChI is InChI=1S/C12H16FN/c1-9-2-7-12(14-8-9)10-3-5-11(13)6-4-10/h3-6,9,12,14H,2,7-8H2,1H3/i12D. The second-order valence-corrected chi connectivity index (χ2v) is 4.01. The molecule has 1 aromatic carbocycles. The third-order valence-corrected chi connectivity index (χ3v) is 2.74. The lowest BCUT2D eigenvalue weighted by Gasteiger charge is -2.28. The number of piperidine rings is 1. The molecule has 1 aromatic rings. The third kappa shape index (κ3) is 2.13. The van der Waals surface area contributed by atoms with Gasteiger partial charge < -0.3 is 5.32 Å². The van der Waals surface area contributed by atoms with Crippen LogP contribution in [-0.2, 0) is 0 Å². The Labute approximate surface area is 85.7 Å². The van der Waals surface area contributed by atoms with E-state index in [0.29, 0.717) is 5.92 Å². The van der Waals surface area contributed by atoms with Crippen LogP contribution < -0.4 is 5.32 Å². The first-order valence-electron chi connectivity index (χ1n) is 5.61. The first kappa shape index (κ1) is 8.42. The topological polar surface area (TPSA) is 12.0 Å². The van der Waals surface area contributed by atoms with Crippen LogP contribution in [0.25, 0.3) is 0 Å². The van der Waals surface area contributed by atoms with Crippen LogP contribution in [0.15, 0.2) is 24.3 Å². The highest BCUT2D eigenvalue weighted by Crippen LogP contribution is 2.25. The minimum atomic E-state index is -0.722. The normalized spacial score (nSPS) is 33.9. The van der Waals surface area contributed by atoms with E-state index in [0.717, 1.165) is 24.9 Å². The Balaban J connectivity index is 2.18. The van der Waals surface area contributed by atoms with Crippen LogP contribution in [-0.4, -0.2) is 6.54 Å². The Kier molecular flexibility index (Phi) is 2.46. The van der Waals surface area contributed by atoms with Crippen molar-refractivity contribution in [2.24, 2.45) is 5.92 Å². The average molecular weight is 194 g/mol. The second-order valence-electron chi connectivity index (χ2n) is 4.01. The molecule has 76 valence electrons. The molecule has 0 aliphatic carbocycles. The summed E-state index contributed by atoms with van der Waals surface area (Å²) < 4.78 is 21.0. The van der Waals surface area contributed by atoms with Crippen LogP contribution in [0.2, 0.25) is 0 Å². The second kappa shape index (κ2) is 4.09. The van der Waals surface area contributed by atoms with Gasteiger partial charge in [0.05, 0.1) is 1.37 Å². The molecule has 1 N–H and O–H groups in total. The quantitative estimate of drug-likeness (QED) is 0.724. The summed E-state index contributed by atoms with van der Waals surface area (Å²) in [5.74, 6) is 0.385. The van der Waals surface area contributed by atoms with E-state index in [1.807, 2.05) is 0 Å². The lowest BCUT2D eigenvalue weighted by Crippen LogP contribution is -2.31. The van der Waals surface area contributed by atoms with E-state index in [4.69, 9.17) is 1.37 Å². The summed E-state index contributed by atoms with van der Waals surface area (Å²) in [7, 11) is 0. The molecular weight excluding hydrogens is 177 g/mol. The average Bonchev–Trinajstić information content (AvgIpc) is 2.24. The molecule has 2 unspecified atom stereocenters. The van der Waals surface area contributed by atoms with Gasteiger partial charge in [-0.25, -0.2) is 4.39 Å². The first-order valence-corrected chi connectivity index (χ1v) is 5.11. The predicted molar refractivity (Wildman–Crippen MR) is 55.5 cm³/mol. The zero-order valence-electron chi connectivity index (χ0n) is 9.39. The maximum atomic E-state index is 12.8. The van der Waals surface area contributed by atoms with Crippen molar-refractivity contribution in [1.82, 2.24) is 5.32 Å². The highest BCUT2D eigenvalue weighted by Gasteiger charge is 2.18. The van der Waals surface area contributed by atoms with Gasteiger partial charge in [0.2, 0.25) is 0 Å². The molecule has 1 heterocycles. The molecule has 2 heteroatoms. The molecule has 0 spiro atoms. The Morgan fingerprint density at radius 2 is 2.07 bits per heavy atom. The molecule has 14 heavy (non-hydrogen) atoms. The van der Waals surface area contributed by atoms with Gasteiger partial charge in [-0.1, -0.05) is 19.1 Å². The minimum absolute atomic E-state index is 0.244. The molecule has 2 rings (SSSR count). The number of benzene rings is 1. The van der Waals surface area contributed by atoms with Crippen molar-refractivity contribution in [2.75, 3.05) is 6.54 Å². The summed E-state index contributed by atoms with van der Waals surface area (Å²) in [6, 6.07) is 5.52. The highest BCUT2D eigenvalue weighted by atomic mass is 19.1. The predicted octanol–water partition coefficient (Wildman–Crippen LogP) is 2.89. The molecular formula is C12H16FN. The Morgan fingerprint density at radius 1 is 1.36 bits per heavy atom. The van der Waals surface area contributed by atoms with Crippen LogP contribution in [0.5, 0.6) is 0 Å². The smallest absolute Gasteiger partial charge is 0.123 e. The molecule has 1 fully saturated rings. The van der Waals surface area contributed by atoms with Gasteiger partial charge in [0.25, 0.3) is 0 Å². The van der Waals surface area contributed by atoms with E-state index in [2.05, 4.69) is 12.2 Å². The molecule has 0 amide bonds. The summed E-state index contributed by atoms with van der Waals surface area (Å²) in [4.78, 5) is 0. The summed E-state index contributed by atoms with van der Waals surface area (Å²) in [5, 5.41) is 3.23. The van der Waals surface area contributed by atoms with Crippen molar-refractivity contribution in [1.29, 1.82) is 0 Å². The van der Waals surface area contributed by atoms with Gasteiger partial charge in [0.15, 0.2) is 0 Å². The van der Waals surface area contributed by atoms with Crippen LogP contribution in [0.1, 0.15) is 32.7 Å². The molecule has 0 bridgehead atoms. The van der Waals surface area contributed by atoms with Gasteiger partial charge in [-0.15, -0.1) is 0 Å². The Morgan fingerprint density at radius 3 is 2.64 bits per heavy atom. The summed E-state index contributed by atoms with van der Waals surface area (Å²) in [6.07, 6.45) is 1.84. The molecule has 0 saturated carbocycles. The van der Waals surface area contributed by atoms with Crippen molar-refractivity contribution < 1.29 is 5.76 Å². The number of nitrogens with one attached hydrogen (secondary N) is 1. The summed E-state index contributed by atoms with van der Waals surface area (Å²) in [5.41, 5.74) is 0.857. The first-order chi connectivity index (χ1) is 7.10. The van der Waals surface area contributed by atoms with Crippen molar-refractivity contribution >= 4 is 0 Å². The number of halogens is 1. The molecule has 0 radical (unpaired) electrons. The van der Waals surface area contributed by atoms with E-state index in [1.165, 1.54) is 12.1 Å².